The van der Waals surface area contributed by atoms with Crippen LogP contribution in [0.1, 0.15) is 48.7 Å². The van der Waals surface area contributed by atoms with E-state index < -0.39 is 40.9 Å². The lowest BCUT2D eigenvalue weighted by atomic mass is 9.98. The van der Waals surface area contributed by atoms with E-state index in [1.165, 1.54) is 11.0 Å². The molecule has 2 aromatic carbocycles. The quantitative estimate of drug-likeness (QED) is 0.422. The summed E-state index contributed by atoms with van der Waals surface area (Å²) in [5.41, 5.74) is 0.924. The second-order valence-electron chi connectivity index (χ2n) is 10.2. The van der Waals surface area contributed by atoms with E-state index in [0.29, 0.717) is 5.56 Å². The Kier molecular flexibility index (Phi) is 8.63. The van der Waals surface area contributed by atoms with E-state index in [0.717, 1.165) is 5.56 Å². The Morgan fingerprint density at radius 3 is 2.42 bits per heavy atom. The van der Waals surface area contributed by atoms with Crippen molar-refractivity contribution in [3.63, 3.8) is 0 Å². The number of aliphatic hydroxyl groups excluding tert-OH is 1. The number of aliphatic hydroxyl groups is 1. The largest absolute Gasteiger partial charge is 0.508 e. The van der Waals surface area contributed by atoms with E-state index in [9.17, 15) is 24.6 Å². The summed E-state index contributed by atoms with van der Waals surface area (Å²) in [7, 11) is 0. The van der Waals surface area contributed by atoms with Crippen molar-refractivity contribution in [3.05, 3.63) is 65.2 Å². The molecule has 4 atom stereocenters. The summed E-state index contributed by atoms with van der Waals surface area (Å²) in [4.78, 5) is 40.8. The minimum Gasteiger partial charge on any atom is -0.508 e. The van der Waals surface area contributed by atoms with Crippen LogP contribution in [0.5, 0.6) is 5.75 Å². The van der Waals surface area contributed by atoms with E-state index in [2.05, 4.69) is 10.6 Å². The van der Waals surface area contributed by atoms with Gasteiger partial charge in [-0.1, -0.05) is 36.4 Å². The molecule has 0 radical (unpaired) electrons. The molecule has 0 aromatic heterocycles. The molecular weight excluding hydrogens is 482 g/mol. The van der Waals surface area contributed by atoms with E-state index >= 15 is 0 Å². The molecule has 8 nitrogen and oxygen atoms in total. The molecule has 1 saturated heterocycles. The molecule has 3 rings (SSSR count). The summed E-state index contributed by atoms with van der Waals surface area (Å²) in [5, 5.41) is 26.4. The highest BCUT2D eigenvalue weighted by Crippen LogP contribution is 2.25. The molecule has 1 heterocycles. The Hall–Kier alpha value is -3.10. The maximum Gasteiger partial charge on any atom is 0.254 e. The highest BCUT2D eigenvalue weighted by Gasteiger charge is 2.43. The molecule has 1 aliphatic rings. The predicted octanol–water partition coefficient (Wildman–Crippen LogP) is 2.53. The Balaban J connectivity index is 1.86. The summed E-state index contributed by atoms with van der Waals surface area (Å²) in [5.74, 6) is -1.59. The van der Waals surface area contributed by atoms with Gasteiger partial charge in [0.25, 0.3) is 11.8 Å². The van der Waals surface area contributed by atoms with Gasteiger partial charge >= 0.3 is 0 Å². The Morgan fingerprint density at radius 2 is 1.78 bits per heavy atom. The number of alkyl halides is 1. The number of carbonyl (C=O) groups is 3. The smallest absolute Gasteiger partial charge is 0.254 e. The third-order valence-electron chi connectivity index (χ3n) is 6.13. The highest BCUT2D eigenvalue weighted by molar-refractivity contribution is 6.21. The SMILES string of the molecule is Cc1c(O)cccc1C(=O)N[C@@H](Cc1ccccc1)[C@H](O)C(=O)N1CC(Cl)C[C@H]1C(=O)NC(C)(C)C. The molecule has 194 valence electrons. The number of likely N-dealkylation sites (tertiary alicyclic amines) is 1. The van der Waals surface area contributed by atoms with E-state index in [-0.39, 0.29) is 36.6 Å². The molecule has 1 fully saturated rings. The molecule has 36 heavy (non-hydrogen) atoms. The van der Waals surface area contributed by atoms with Crippen LogP contribution in [-0.4, -0.2) is 68.5 Å². The van der Waals surface area contributed by atoms with Gasteiger partial charge in [-0.15, -0.1) is 11.6 Å². The first-order chi connectivity index (χ1) is 16.9. The first kappa shape index (κ1) is 27.5. The average molecular weight is 516 g/mol. The highest BCUT2D eigenvalue weighted by atomic mass is 35.5. The number of aromatic hydroxyl groups is 1. The van der Waals surface area contributed by atoms with Gasteiger partial charge in [-0.25, -0.2) is 0 Å². The fraction of sp³-hybridized carbons (Fsp3) is 0.444. The fourth-order valence-electron chi connectivity index (χ4n) is 4.30. The molecule has 2 aromatic rings. The van der Waals surface area contributed by atoms with Crippen molar-refractivity contribution in [2.24, 2.45) is 0 Å². The molecule has 0 aliphatic carbocycles. The molecule has 1 aliphatic heterocycles. The molecule has 3 amide bonds. The van der Waals surface area contributed by atoms with E-state index in [1.807, 2.05) is 51.1 Å². The topological polar surface area (TPSA) is 119 Å². The van der Waals surface area contributed by atoms with Gasteiger partial charge in [0.2, 0.25) is 5.91 Å². The summed E-state index contributed by atoms with van der Waals surface area (Å²) in [6.07, 6.45) is -1.19. The van der Waals surface area contributed by atoms with Crippen LogP contribution in [0.25, 0.3) is 0 Å². The van der Waals surface area contributed by atoms with Gasteiger partial charge in [0.1, 0.15) is 11.8 Å². The molecule has 9 heteroatoms. The van der Waals surface area contributed by atoms with Crippen molar-refractivity contribution in [2.75, 3.05) is 6.54 Å². The standard InChI is InChI=1S/C27H34ClN3O5/c1-16-19(11-8-12-22(16)32)24(34)29-20(13-17-9-6-5-7-10-17)23(33)26(36)31-15-18(28)14-21(31)25(35)30-27(2,3)4/h5-12,18,20-21,23,32-33H,13-15H2,1-4H3,(H,29,34)(H,30,35)/t18?,20-,21-,23-/m0/s1. The van der Waals surface area contributed by atoms with E-state index in [1.54, 1.807) is 19.1 Å². The number of hydrogen-bond donors (Lipinski definition) is 4. The zero-order valence-corrected chi connectivity index (χ0v) is 21.7. The monoisotopic (exact) mass is 515 g/mol. The Labute approximate surface area is 216 Å². The maximum atomic E-state index is 13.5. The number of hydrogen-bond acceptors (Lipinski definition) is 5. The zero-order valence-electron chi connectivity index (χ0n) is 21.0. The number of rotatable bonds is 7. The van der Waals surface area contributed by atoms with Crippen molar-refractivity contribution in [2.45, 2.75) is 69.6 Å². The van der Waals surface area contributed by atoms with Gasteiger partial charge in [-0.3, -0.25) is 14.4 Å². The van der Waals surface area contributed by atoms with Crippen LogP contribution >= 0.6 is 11.6 Å². The van der Waals surface area contributed by atoms with Crippen molar-refractivity contribution in [1.82, 2.24) is 15.5 Å². The summed E-state index contributed by atoms with van der Waals surface area (Å²) in [6, 6.07) is 11.9. The lowest BCUT2D eigenvalue weighted by Gasteiger charge is -2.32. The van der Waals surface area contributed by atoms with Crippen LogP contribution in [0.4, 0.5) is 0 Å². The number of phenolic OH excluding ortho intramolecular Hbond substituents is 1. The number of benzene rings is 2. The van der Waals surface area contributed by atoms with Crippen molar-refractivity contribution in [1.29, 1.82) is 0 Å². The van der Waals surface area contributed by atoms with Crippen LogP contribution in [0.15, 0.2) is 48.5 Å². The maximum absolute atomic E-state index is 13.5. The lowest BCUT2D eigenvalue weighted by molar-refractivity contribution is -0.146. The second-order valence-corrected chi connectivity index (χ2v) is 10.9. The summed E-state index contributed by atoms with van der Waals surface area (Å²) >= 11 is 6.32. The van der Waals surface area contributed by atoms with Gasteiger partial charge in [0, 0.05) is 23.2 Å². The molecule has 0 saturated carbocycles. The van der Waals surface area contributed by atoms with Gasteiger partial charge in [-0.05, 0) is 58.2 Å². The van der Waals surface area contributed by atoms with Crippen LogP contribution in [0.3, 0.4) is 0 Å². The number of nitrogens with one attached hydrogen (secondary N) is 2. The fourth-order valence-corrected chi connectivity index (χ4v) is 4.61. The molecule has 1 unspecified atom stereocenters. The van der Waals surface area contributed by atoms with E-state index in [4.69, 9.17) is 11.6 Å². The molecular formula is C27H34ClN3O5. The van der Waals surface area contributed by atoms with Gasteiger partial charge in [-0.2, -0.15) is 0 Å². The predicted molar refractivity (Wildman–Crippen MR) is 138 cm³/mol. The van der Waals surface area contributed by atoms with Gasteiger partial charge < -0.3 is 25.7 Å². The molecule has 4 N–H and O–H groups in total. The minimum absolute atomic E-state index is 0.0307. The van der Waals surface area contributed by atoms with Gasteiger partial charge in [0.15, 0.2) is 6.10 Å². The normalized spacial score (nSPS) is 19.4. The second kappa shape index (κ2) is 11.3. The third-order valence-corrected chi connectivity index (χ3v) is 6.45. The van der Waals surface area contributed by atoms with Crippen LogP contribution in [0, 0.1) is 6.92 Å². The third kappa shape index (κ3) is 6.77. The number of phenols is 1. The van der Waals surface area contributed by atoms with Crippen molar-refractivity contribution < 1.29 is 24.6 Å². The number of halogens is 1. The van der Waals surface area contributed by atoms with Crippen molar-refractivity contribution >= 4 is 29.3 Å². The Bertz CT molecular complexity index is 1100. The average Bonchev–Trinajstić information content (AvgIpc) is 3.21. The lowest BCUT2D eigenvalue weighted by Crippen LogP contribution is -2.57. The molecule has 0 bridgehead atoms. The summed E-state index contributed by atoms with van der Waals surface area (Å²) in [6.45, 7) is 7.24. The number of carbonyl (C=O) groups excluding carboxylic acids is 3. The number of nitrogens with zero attached hydrogens (tertiary/aromatic N) is 1. The zero-order chi connectivity index (χ0) is 26.6. The van der Waals surface area contributed by atoms with Crippen LogP contribution in [0.2, 0.25) is 0 Å². The van der Waals surface area contributed by atoms with Crippen LogP contribution in [-0.2, 0) is 16.0 Å². The minimum atomic E-state index is -1.63. The van der Waals surface area contributed by atoms with Gasteiger partial charge in [0.05, 0.1) is 11.4 Å². The molecule has 0 spiro atoms. The first-order valence-corrected chi connectivity index (χ1v) is 12.4. The first-order valence-electron chi connectivity index (χ1n) is 12.0. The Morgan fingerprint density at radius 1 is 1.11 bits per heavy atom. The summed E-state index contributed by atoms with van der Waals surface area (Å²) < 4.78 is 0. The van der Waals surface area contributed by atoms with Crippen molar-refractivity contribution in [3.8, 4) is 5.75 Å². The van der Waals surface area contributed by atoms with Crippen LogP contribution < -0.4 is 10.6 Å². The number of amides is 3.